The Morgan fingerprint density at radius 3 is 2.23 bits per heavy atom. The van der Waals surface area contributed by atoms with Crippen LogP contribution in [0.25, 0.3) is 0 Å². The minimum absolute atomic E-state index is 0.321. The first-order valence-corrected chi connectivity index (χ1v) is 5.35. The van der Waals surface area contributed by atoms with Gasteiger partial charge in [0.25, 0.3) is 0 Å². The molecule has 0 saturated carbocycles. The molecular formula is C8H16F3NS. The standard InChI is InChI=1S/C8H16F3NS/c1-3-6(2)5-13-7(4-12)8(9,10)11/h6-7H,3-5,12H2,1-2H3. The fourth-order valence-corrected chi connectivity index (χ4v) is 1.82. The molecule has 0 saturated heterocycles. The highest BCUT2D eigenvalue weighted by atomic mass is 32.2. The molecule has 0 aliphatic rings. The van der Waals surface area contributed by atoms with Gasteiger partial charge in [0.1, 0.15) is 5.25 Å². The van der Waals surface area contributed by atoms with Crippen LogP contribution in [0.3, 0.4) is 0 Å². The van der Waals surface area contributed by atoms with Crippen LogP contribution in [-0.2, 0) is 0 Å². The van der Waals surface area contributed by atoms with E-state index in [1.807, 2.05) is 13.8 Å². The SMILES string of the molecule is CCC(C)CSC(CN)C(F)(F)F. The summed E-state index contributed by atoms with van der Waals surface area (Å²) in [5.74, 6) is 0.846. The Balaban J connectivity index is 3.86. The predicted octanol–water partition coefficient (Wildman–Crippen LogP) is 2.66. The van der Waals surface area contributed by atoms with E-state index in [4.69, 9.17) is 5.73 Å². The van der Waals surface area contributed by atoms with Crippen molar-refractivity contribution in [3.05, 3.63) is 0 Å². The lowest BCUT2D eigenvalue weighted by atomic mass is 10.2. The van der Waals surface area contributed by atoms with Crippen molar-refractivity contribution in [2.45, 2.75) is 31.7 Å². The molecule has 2 N–H and O–H groups in total. The van der Waals surface area contributed by atoms with Crippen molar-refractivity contribution in [1.29, 1.82) is 0 Å². The summed E-state index contributed by atoms with van der Waals surface area (Å²) in [6.45, 7) is 3.58. The number of thioether (sulfide) groups is 1. The molecule has 0 radical (unpaired) electrons. The smallest absolute Gasteiger partial charge is 0.329 e. The molecule has 0 aromatic rings. The van der Waals surface area contributed by atoms with Gasteiger partial charge in [-0.2, -0.15) is 13.2 Å². The normalized spacial score (nSPS) is 17.1. The van der Waals surface area contributed by atoms with Crippen LogP contribution in [-0.4, -0.2) is 23.7 Å². The molecule has 0 spiro atoms. The Bertz CT molecular complexity index is 138. The quantitative estimate of drug-likeness (QED) is 0.763. The number of alkyl halides is 3. The van der Waals surface area contributed by atoms with E-state index in [1.165, 1.54) is 0 Å². The summed E-state index contributed by atoms with van der Waals surface area (Å²) in [6.07, 6.45) is -3.25. The summed E-state index contributed by atoms with van der Waals surface area (Å²) in [6, 6.07) is 0. The lowest BCUT2D eigenvalue weighted by molar-refractivity contribution is -0.126. The molecule has 80 valence electrons. The van der Waals surface area contributed by atoms with Gasteiger partial charge in [0.15, 0.2) is 0 Å². The van der Waals surface area contributed by atoms with Crippen LogP contribution < -0.4 is 5.73 Å². The van der Waals surface area contributed by atoms with Gasteiger partial charge in [-0.15, -0.1) is 11.8 Å². The number of rotatable bonds is 5. The summed E-state index contributed by atoms with van der Waals surface area (Å²) >= 11 is 0.911. The minimum atomic E-state index is -4.16. The Morgan fingerprint density at radius 1 is 1.38 bits per heavy atom. The summed E-state index contributed by atoms with van der Waals surface area (Å²) in [4.78, 5) is 0. The average Bonchev–Trinajstić information content (AvgIpc) is 2.02. The maximum absolute atomic E-state index is 12.2. The van der Waals surface area contributed by atoms with Crippen molar-refractivity contribution < 1.29 is 13.2 Å². The zero-order chi connectivity index (χ0) is 10.5. The van der Waals surface area contributed by atoms with Gasteiger partial charge in [-0.1, -0.05) is 20.3 Å². The topological polar surface area (TPSA) is 26.0 Å². The monoisotopic (exact) mass is 215 g/mol. The average molecular weight is 215 g/mol. The Kier molecular flexibility index (Phi) is 5.80. The van der Waals surface area contributed by atoms with Gasteiger partial charge in [-0.05, 0) is 11.7 Å². The van der Waals surface area contributed by atoms with Crippen molar-refractivity contribution in [2.24, 2.45) is 11.7 Å². The Hall–Kier alpha value is 0.100. The van der Waals surface area contributed by atoms with E-state index >= 15 is 0 Å². The molecule has 1 nitrogen and oxygen atoms in total. The van der Waals surface area contributed by atoms with E-state index in [0.29, 0.717) is 11.7 Å². The maximum Gasteiger partial charge on any atom is 0.401 e. The summed E-state index contributed by atoms with van der Waals surface area (Å²) in [5, 5.41) is -1.40. The maximum atomic E-state index is 12.2. The molecule has 0 aliphatic carbocycles. The van der Waals surface area contributed by atoms with Gasteiger partial charge < -0.3 is 5.73 Å². The molecule has 0 aliphatic heterocycles. The molecule has 0 fully saturated rings. The highest BCUT2D eigenvalue weighted by Crippen LogP contribution is 2.30. The van der Waals surface area contributed by atoms with Gasteiger partial charge in [0, 0.05) is 6.54 Å². The fraction of sp³-hybridized carbons (Fsp3) is 1.00. The van der Waals surface area contributed by atoms with Crippen molar-refractivity contribution in [3.8, 4) is 0 Å². The zero-order valence-corrected chi connectivity index (χ0v) is 8.71. The van der Waals surface area contributed by atoms with E-state index in [1.54, 1.807) is 0 Å². The van der Waals surface area contributed by atoms with Crippen LogP contribution in [0, 0.1) is 5.92 Å². The molecule has 0 heterocycles. The molecule has 13 heavy (non-hydrogen) atoms. The highest BCUT2D eigenvalue weighted by molar-refractivity contribution is 8.00. The van der Waals surface area contributed by atoms with Crippen LogP contribution in [0.5, 0.6) is 0 Å². The molecule has 5 heteroatoms. The van der Waals surface area contributed by atoms with Gasteiger partial charge >= 0.3 is 6.18 Å². The van der Waals surface area contributed by atoms with Gasteiger partial charge in [-0.25, -0.2) is 0 Å². The van der Waals surface area contributed by atoms with Crippen LogP contribution in [0.1, 0.15) is 20.3 Å². The van der Waals surface area contributed by atoms with Gasteiger partial charge in [0.2, 0.25) is 0 Å². The summed E-state index contributed by atoms with van der Waals surface area (Å²) < 4.78 is 36.5. The largest absolute Gasteiger partial charge is 0.401 e. The van der Waals surface area contributed by atoms with Crippen LogP contribution in [0.15, 0.2) is 0 Å². The number of hydrogen-bond donors (Lipinski definition) is 1. The minimum Gasteiger partial charge on any atom is -0.329 e. The summed E-state index contributed by atoms with van der Waals surface area (Å²) in [7, 11) is 0. The number of halogens is 3. The van der Waals surface area contributed by atoms with Gasteiger partial charge in [-0.3, -0.25) is 0 Å². The number of nitrogens with two attached hydrogens (primary N) is 1. The second kappa shape index (κ2) is 5.75. The highest BCUT2D eigenvalue weighted by Gasteiger charge is 2.38. The van der Waals surface area contributed by atoms with E-state index in [2.05, 4.69) is 0 Å². The van der Waals surface area contributed by atoms with E-state index < -0.39 is 11.4 Å². The second-order valence-corrected chi connectivity index (χ2v) is 4.35. The van der Waals surface area contributed by atoms with E-state index in [-0.39, 0.29) is 6.54 Å². The van der Waals surface area contributed by atoms with Crippen molar-refractivity contribution in [3.63, 3.8) is 0 Å². The Morgan fingerprint density at radius 2 is 1.92 bits per heavy atom. The fourth-order valence-electron chi connectivity index (χ4n) is 0.694. The van der Waals surface area contributed by atoms with E-state index in [9.17, 15) is 13.2 Å². The summed E-state index contributed by atoms with van der Waals surface area (Å²) in [5.41, 5.74) is 5.05. The molecule has 0 bridgehead atoms. The predicted molar refractivity (Wildman–Crippen MR) is 50.8 cm³/mol. The number of hydrogen-bond acceptors (Lipinski definition) is 2. The first-order chi connectivity index (χ1) is 5.91. The van der Waals surface area contributed by atoms with Crippen molar-refractivity contribution in [1.82, 2.24) is 0 Å². The third kappa shape index (κ3) is 5.41. The molecule has 2 atom stereocenters. The van der Waals surface area contributed by atoms with Crippen molar-refractivity contribution >= 4 is 11.8 Å². The zero-order valence-electron chi connectivity index (χ0n) is 7.90. The lowest BCUT2D eigenvalue weighted by Gasteiger charge is -2.19. The first kappa shape index (κ1) is 13.1. The molecule has 0 amide bonds. The van der Waals surface area contributed by atoms with Crippen LogP contribution >= 0.6 is 11.8 Å². The van der Waals surface area contributed by atoms with E-state index in [0.717, 1.165) is 18.2 Å². The second-order valence-electron chi connectivity index (χ2n) is 3.11. The van der Waals surface area contributed by atoms with Crippen molar-refractivity contribution in [2.75, 3.05) is 12.3 Å². The van der Waals surface area contributed by atoms with Crippen LogP contribution in [0.2, 0.25) is 0 Å². The first-order valence-electron chi connectivity index (χ1n) is 4.30. The molecule has 0 aromatic heterocycles. The molecule has 0 aromatic carbocycles. The Labute approximate surface area is 81.3 Å². The van der Waals surface area contributed by atoms with Crippen LogP contribution in [0.4, 0.5) is 13.2 Å². The lowest BCUT2D eigenvalue weighted by Crippen LogP contribution is -2.33. The third-order valence-electron chi connectivity index (χ3n) is 1.86. The van der Waals surface area contributed by atoms with Gasteiger partial charge in [0.05, 0.1) is 0 Å². The molecule has 0 rings (SSSR count). The third-order valence-corrected chi connectivity index (χ3v) is 3.48. The molecular weight excluding hydrogens is 199 g/mol. The molecule has 2 unspecified atom stereocenters.